The van der Waals surface area contributed by atoms with Crippen LogP contribution in [0.3, 0.4) is 0 Å². The first-order valence-corrected chi connectivity index (χ1v) is 13.0. The van der Waals surface area contributed by atoms with Gasteiger partial charge in [-0.2, -0.15) is 0 Å². The lowest BCUT2D eigenvalue weighted by Crippen LogP contribution is -2.04. The number of furan rings is 1. The maximum absolute atomic E-state index is 11.3. The number of rotatable bonds is 12. The summed E-state index contributed by atoms with van der Waals surface area (Å²) in [7, 11) is 0. The molecule has 0 aliphatic heterocycles. The SMILES string of the molecule is NCc1cc(-c2cc(COc3ccccc3CC(=O)O)cc3cc(COc4ccccc4CC(=O)O)oc23)ccn1. The molecule has 9 nitrogen and oxygen atoms in total. The maximum Gasteiger partial charge on any atom is 0.307 e. The highest BCUT2D eigenvalue weighted by molar-refractivity contribution is 5.93. The van der Waals surface area contributed by atoms with Gasteiger partial charge < -0.3 is 29.8 Å². The molecule has 0 radical (unpaired) electrons. The van der Waals surface area contributed by atoms with E-state index in [4.69, 9.17) is 19.6 Å². The van der Waals surface area contributed by atoms with Crippen LogP contribution in [0.2, 0.25) is 0 Å². The van der Waals surface area contributed by atoms with Crippen LogP contribution < -0.4 is 15.2 Å². The summed E-state index contributed by atoms with van der Waals surface area (Å²) in [5.74, 6) is -0.330. The number of ether oxygens (including phenoxy) is 2. The highest BCUT2D eigenvalue weighted by Gasteiger charge is 2.16. The van der Waals surface area contributed by atoms with Crippen LogP contribution in [0.25, 0.3) is 22.1 Å². The highest BCUT2D eigenvalue weighted by atomic mass is 16.5. The van der Waals surface area contributed by atoms with Crippen molar-refractivity contribution in [3.8, 4) is 22.6 Å². The van der Waals surface area contributed by atoms with Gasteiger partial charge in [0.15, 0.2) is 0 Å². The number of pyridine rings is 1. The number of fused-ring (bicyclic) bond motifs is 1. The van der Waals surface area contributed by atoms with E-state index in [0.29, 0.717) is 34.0 Å². The number of aliphatic carboxylic acids is 2. The molecule has 0 unspecified atom stereocenters. The second kappa shape index (κ2) is 12.4. The van der Waals surface area contributed by atoms with Crippen molar-refractivity contribution in [1.82, 2.24) is 4.98 Å². The average molecular weight is 553 g/mol. The number of hydrogen-bond acceptors (Lipinski definition) is 7. The van der Waals surface area contributed by atoms with Crippen LogP contribution in [-0.2, 0) is 42.2 Å². The monoisotopic (exact) mass is 552 g/mol. The van der Waals surface area contributed by atoms with Gasteiger partial charge >= 0.3 is 11.9 Å². The fraction of sp³-hybridized carbons (Fsp3) is 0.156. The van der Waals surface area contributed by atoms with Gasteiger partial charge in [-0.3, -0.25) is 14.6 Å². The zero-order valence-corrected chi connectivity index (χ0v) is 22.1. The van der Waals surface area contributed by atoms with Crippen LogP contribution in [0.5, 0.6) is 11.5 Å². The van der Waals surface area contributed by atoms with Gasteiger partial charge in [0.1, 0.15) is 36.1 Å². The molecule has 0 bridgehead atoms. The summed E-state index contributed by atoms with van der Waals surface area (Å²) in [6.07, 6.45) is 1.41. The van der Waals surface area contributed by atoms with Crippen LogP contribution in [-0.4, -0.2) is 27.1 Å². The maximum atomic E-state index is 11.3. The van der Waals surface area contributed by atoms with Crippen molar-refractivity contribution in [2.75, 3.05) is 0 Å². The molecule has 41 heavy (non-hydrogen) atoms. The molecule has 0 saturated carbocycles. The number of nitrogens with two attached hydrogens (primary N) is 1. The first-order chi connectivity index (χ1) is 19.9. The predicted molar refractivity (Wildman–Crippen MR) is 152 cm³/mol. The number of benzene rings is 3. The highest BCUT2D eigenvalue weighted by Crippen LogP contribution is 2.34. The zero-order valence-electron chi connectivity index (χ0n) is 22.1. The minimum atomic E-state index is -0.941. The molecular weight excluding hydrogens is 524 g/mol. The van der Waals surface area contributed by atoms with Gasteiger partial charge in [-0.05, 0) is 53.6 Å². The molecule has 0 atom stereocenters. The van der Waals surface area contributed by atoms with E-state index in [1.165, 1.54) is 0 Å². The number of aromatic nitrogens is 1. The van der Waals surface area contributed by atoms with Gasteiger partial charge in [0, 0.05) is 34.8 Å². The summed E-state index contributed by atoms with van der Waals surface area (Å²) in [4.78, 5) is 26.8. The van der Waals surface area contributed by atoms with E-state index in [9.17, 15) is 19.8 Å². The molecule has 0 aliphatic rings. The molecule has 2 aromatic heterocycles. The summed E-state index contributed by atoms with van der Waals surface area (Å²) in [5, 5.41) is 19.3. The van der Waals surface area contributed by atoms with Gasteiger partial charge in [-0.15, -0.1) is 0 Å². The van der Waals surface area contributed by atoms with Crippen molar-refractivity contribution in [2.45, 2.75) is 32.6 Å². The minimum absolute atomic E-state index is 0.101. The summed E-state index contributed by atoms with van der Waals surface area (Å²) in [6.45, 7) is 0.588. The van der Waals surface area contributed by atoms with E-state index >= 15 is 0 Å². The molecule has 4 N–H and O–H groups in total. The van der Waals surface area contributed by atoms with Gasteiger partial charge in [0.25, 0.3) is 0 Å². The lowest BCUT2D eigenvalue weighted by atomic mass is 10.0. The second-order valence-corrected chi connectivity index (χ2v) is 9.45. The van der Waals surface area contributed by atoms with Crippen LogP contribution in [0.1, 0.15) is 28.1 Å². The second-order valence-electron chi connectivity index (χ2n) is 9.45. The Morgan fingerprint density at radius 1 is 0.805 bits per heavy atom. The lowest BCUT2D eigenvalue weighted by Gasteiger charge is -2.12. The molecule has 3 aromatic carbocycles. The smallest absolute Gasteiger partial charge is 0.307 e. The molecule has 208 valence electrons. The number of hydrogen-bond donors (Lipinski definition) is 3. The van der Waals surface area contributed by atoms with Crippen molar-refractivity contribution in [3.05, 3.63) is 113 Å². The molecule has 0 amide bonds. The fourth-order valence-electron chi connectivity index (χ4n) is 4.61. The van der Waals surface area contributed by atoms with E-state index in [0.717, 1.165) is 27.8 Å². The van der Waals surface area contributed by atoms with Gasteiger partial charge in [-0.1, -0.05) is 36.4 Å². The molecule has 0 aliphatic carbocycles. The Kier molecular flexibility index (Phi) is 8.26. The van der Waals surface area contributed by atoms with Gasteiger partial charge in [-0.25, -0.2) is 0 Å². The molecule has 9 heteroatoms. The molecule has 2 heterocycles. The first-order valence-electron chi connectivity index (χ1n) is 13.0. The number of carboxylic acids is 2. The first kappa shape index (κ1) is 27.4. The molecular formula is C32H28N2O7. The summed E-state index contributed by atoms with van der Waals surface area (Å²) >= 11 is 0. The summed E-state index contributed by atoms with van der Waals surface area (Å²) in [5.41, 5.74) is 10.9. The van der Waals surface area contributed by atoms with Crippen LogP contribution in [0.15, 0.2) is 89.5 Å². The van der Waals surface area contributed by atoms with E-state index in [-0.39, 0.29) is 32.6 Å². The molecule has 5 aromatic rings. The van der Waals surface area contributed by atoms with Crippen molar-refractivity contribution >= 4 is 22.9 Å². The Bertz CT molecular complexity index is 1710. The van der Waals surface area contributed by atoms with E-state index in [1.54, 1.807) is 54.7 Å². The number of para-hydroxylation sites is 2. The minimum Gasteiger partial charge on any atom is -0.489 e. The summed E-state index contributed by atoms with van der Waals surface area (Å²) < 4.78 is 18.3. The quantitative estimate of drug-likeness (QED) is 0.186. The van der Waals surface area contributed by atoms with E-state index in [2.05, 4.69) is 4.98 Å². The van der Waals surface area contributed by atoms with Gasteiger partial charge in [0.05, 0.1) is 18.5 Å². The number of nitrogens with zero attached hydrogens (tertiary/aromatic N) is 1. The van der Waals surface area contributed by atoms with Crippen LogP contribution in [0.4, 0.5) is 0 Å². The van der Waals surface area contributed by atoms with Crippen LogP contribution >= 0.6 is 0 Å². The third-order valence-electron chi connectivity index (χ3n) is 6.46. The average Bonchev–Trinajstić information content (AvgIpc) is 3.38. The fourth-order valence-corrected chi connectivity index (χ4v) is 4.61. The molecule has 0 spiro atoms. The summed E-state index contributed by atoms with van der Waals surface area (Å²) in [6, 6.07) is 23.7. The Morgan fingerprint density at radius 3 is 2.07 bits per heavy atom. The number of carbonyl (C=O) groups is 2. The van der Waals surface area contributed by atoms with Crippen molar-refractivity contribution < 1.29 is 33.7 Å². The molecule has 0 saturated heterocycles. The van der Waals surface area contributed by atoms with Crippen LogP contribution in [0, 0.1) is 0 Å². The standard InChI is InChI=1S/C32H28N2O7/c33-17-25-13-21(9-10-34-25)27-12-20(18-39-28-7-3-1-5-22(28)15-30(35)36)11-24-14-26(41-32(24)27)19-40-29-8-4-2-6-23(29)16-31(37)38/h1-14H,15-19,33H2,(H,35,36)(H,37,38). The Hall–Kier alpha value is -5.15. The normalized spacial score (nSPS) is 11.0. The molecule has 5 rings (SSSR count). The third-order valence-corrected chi connectivity index (χ3v) is 6.46. The largest absolute Gasteiger partial charge is 0.489 e. The van der Waals surface area contributed by atoms with Crippen molar-refractivity contribution in [1.29, 1.82) is 0 Å². The zero-order chi connectivity index (χ0) is 28.8. The van der Waals surface area contributed by atoms with Gasteiger partial charge in [0.2, 0.25) is 0 Å². The van der Waals surface area contributed by atoms with E-state index < -0.39 is 11.9 Å². The Balaban J connectivity index is 1.47. The van der Waals surface area contributed by atoms with Crippen molar-refractivity contribution in [3.63, 3.8) is 0 Å². The number of carboxylic acid groups (broad SMARTS) is 2. The van der Waals surface area contributed by atoms with Crippen molar-refractivity contribution in [2.24, 2.45) is 5.73 Å². The topological polar surface area (TPSA) is 145 Å². The Labute approximate surface area is 235 Å². The third kappa shape index (κ3) is 6.71. The lowest BCUT2D eigenvalue weighted by molar-refractivity contribution is -0.137. The van der Waals surface area contributed by atoms with E-state index in [1.807, 2.05) is 30.3 Å². The predicted octanol–water partition coefficient (Wildman–Crippen LogP) is 5.37. The molecule has 0 fully saturated rings. The Morgan fingerprint density at radius 2 is 1.44 bits per heavy atom.